The van der Waals surface area contributed by atoms with Gasteiger partial charge in [-0.1, -0.05) is 157 Å². The Balaban J connectivity index is 4.09. The van der Waals surface area contributed by atoms with Crippen molar-refractivity contribution in [3.63, 3.8) is 0 Å². The molecule has 0 saturated heterocycles. The summed E-state index contributed by atoms with van der Waals surface area (Å²) >= 11 is 0. The predicted molar refractivity (Wildman–Crippen MR) is 216 cm³/mol. The first-order valence-electron chi connectivity index (χ1n) is 20.2. The molecular weight excluding hydrogens is 675 g/mol. The molecule has 0 rings (SSSR count). The van der Waals surface area contributed by atoms with Crippen molar-refractivity contribution in [3.05, 3.63) is 72.9 Å². The third-order valence-electron chi connectivity index (χ3n) is 8.21. The number of unbranched alkanes of at least 4 members (excludes halogenated alkanes) is 14. The number of phosphoric acid groups is 1. The number of phosphoric ester groups is 1. The van der Waals surface area contributed by atoms with Gasteiger partial charge in [0.05, 0.1) is 6.61 Å². The van der Waals surface area contributed by atoms with Gasteiger partial charge in [-0.3, -0.25) is 14.1 Å². The summed E-state index contributed by atoms with van der Waals surface area (Å²) in [6.07, 6.45) is 49.2. The van der Waals surface area contributed by atoms with Crippen LogP contribution < -0.4 is 0 Å². The summed E-state index contributed by atoms with van der Waals surface area (Å²) in [7, 11) is -4.78. The number of esters is 2. The summed E-state index contributed by atoms with van der Waals surface area (Å²) in [5.74, 6) is -0.988. The van der Waals surface area contributed by atoms with Crippen molar-refractivity contribution in [3.8, 4) is 0 Å². The van der Waals surface area contributed by atoms with Gasteiger partial charge in [0.15, 0.2) is 6.10 Å². The second-order valence-electron chi connectivity index (χ2n) is 13.2. The Morgan fingerprint density at radius 3 is 1.44 bits per heavy atom. The van der Waals surface area contributed by atoms with Crippen molar-refractivity contribution in [2.45, 2.75) is 174 Å². The number of carbonyl (C=O) groups excluding carboxylic acids is 2. The Bertz CT molecular complexity index is 1070. The molecule has 0 aromatic rings. The van der Waals surface area contributed by atoms with Crippen molar-refractivity contribution in [1.29, 1.82) is 0 Å². The fraction of sp³-hybridized carbons (Fsp3) is 0.674. The Morgan fingerprint density at radius 1 is 0.500 bits per heavy atom. The third kappa shape index (κ3) is 40.3. The molecule has 0 radical (unpaired) electrons. The van der Waals surface area contributed by atoms with Crippen molar-refractivity contribution in [2.24, 2.45) is 0 Å². The van der Waals surface area contributed by atoms with Crippen LogP contribution in [0.2, 0.25) is 0 Å². The SMILES string of the molecule is CCCC/C=C/CCCCCCCCCCCC(=O)OC[C@H](COP(=O)(O)O)OC(=O)CC/C=C/C/C=C/C/C=C/C/C=C/C/C=C/CCCCC. The van der Waals surface area contributed by atoms with E-state index in [1.807, 2.05) is 12.2 Å². The van der Waals surface area contributed by atoms with Crippen LogP contribution >= 0.6 is 7.82 Å². The molecule has 0 amide bonds. The maximum atomic E-state index is 12.4. The number of ether oxygens (including phenoxy) is 2. The minimum absolute atomic E-state index is 0.0853. The highest BCUT2D eigenvalue weighted by Gasteiger charge is 2.22. The van der Waals surface area contributed by atoms with E-state index < -0.39 is 32.5 Å². The van der Waals surface area contributed by atoms with Crippen LogP contribution in [0.3, 0.4) is 0 Å². The van der Waals surface area contributed by atoms with Crippen LogP contribution in [-0.4, -0.2) is 41.0 Å². The summed E-state index contributed by atoms with van der Waals surface area (Å²) < 4.78 is 26.3. The minimum atomic E-state index is -4.78. The quantitative estimate of drug-likeness (QED) is 0.0281. The molecule has 0 aromatic heterocycles. The summed E-state index contributed by atoms with van der Waals surface area (Å²) in [4.78, 5) is 42.7. The molecule has 0 aliphatic rings. The zero-order chi connectivity index (χ0) is 38.2. The molecule has 0 saturated carbocycles. The number of hydrogen-bond donors (Lipinski definition) is 2. The molecular formula is C43H73O8P. The maximum absolute atomic E-state index is 12.4. The van der Waals surface area contributed by atoms with Crippen LogP contribution in [0.1, 0.15) is 168 Å². The Morgan fingerprint density at radius 2 is 0.923 bits per heavy atom. The highest BCUT2D eigenvalue weighted by molar-refractivity contribution is 7.46. The van der Waals surface area contributed by atoms with Crippen LogP contribution in [-0.2, 0) is 28.2 Å². The van der Waals surface area contributed by atoms with Gasteiger partial charge in [-0.15, -0.1) is 0 Å². The first-order chi connectivity index (χ1) is 25.3. The van der Waals surface area contributed by atoms with Crippen LogP contribution in [0, 0.1) is 0 Å². The maximum Gasteiger partial charge on any atom is 0.469 e. The third-order valence-corrected chi connectivity index (χ3v) is 8.70. The van der Waals surface area contributed by atoms with E-state index in [4.69, 9.17) is 19.3 Å². The van der Waals surface area contributed by atoms with Gasteiger partial charge in [-0.25, -0.2) is 4.57 Å². The van der Waals surface area contributed by atoms with E-state index in [2.05, 4.69) is 79.1 Å². The van der Waals surface area contributed by atoms with E-state index in [9.17, 15) is 14.2 Å². The van der Waals surface area contributed by atoms with Crippen LogP contribution in [0.5, 0.6) is 0 Å². The van der Waals surface area contributed by atoms with Gasteiger partial charge in [0.1, 0.15) is 6.61 Å². The molecule has 0 fully saturated rings. The van der Waals surface area contributed by atoms with E-state index in [1.54, 1.807) is 0 Å². The fourth-order valence-corrected chi connectivity index (χ4v) is 5.52. The van der Waals surface area contributed by atoms with Crippen LogP contribution in [0.4, 0.5) is 0 Å². The van der Waals surface area contributed by atoms with E-state index >= 15 is 0 Å². The zero-order valence-electron chi connectivity index (χ0n) is 32.7. The van der Waals surface area contributed by atoms with Crippen molar-refractivity contribution < 1.29 is 37.9 Å². The lowest BCUT2D eigenvalue weighted by molar-refractivity contribution is -0.161. The molecule has 0 aliphatic carbocycles. The van der Waals surface area contributed by atoms with Gasteiger partial charge >= 0.3 is 19.8 Å². The van der Waals surface area contributed by atoms with E-state index in [1.165, 1.54) is 83.5 Å². The second kappa shape index (κ2) is 38.2. The van der Waals surface area contributed by atoms with E-state index in [0.717, 1.165) is 44.9 Å². The molecule has 0 spiro atoms. The fourth-order valence-electron chi connectivity index (χ4n) is 5.16. The Kier molecular flexibility index (Phi) is 36.4. The molecule has 0 aliphatic heterocycles. The lowest BCUT2D eigenvalue weighted by Crippen LogP contribution is -2.29. The first-order valence-corrected chi connectivity index (χ1v) is 21.8. The lowest BCUT2D eigenvalue weighted by atomic mass is 10.1. The number of carbonyl (C=O) groups is 2. The molecule has 1 atom stereocenters. The summed E-state index contributed by atoms with van der Waals surface area (Å²) in [5.41, 5.74) is 0. The number of hydrogen-bond acceptors (Lipinski definition) is 6. The molecule has 0 unspecified atom stereocenters. The standard InChI is InChI=1S/C43H73O8P/c1-3-5-7-9-11-13-15-17-19-20-21-22-24-26-28-30-32-34-36-38-43(45)51-41(40-50-52(46,47)48)39-49-42(44)37-35-33-31-29-27-25-23-18-16-14-12-10-8-6-4-2/h10-13,17,19,21-22,26,28,32,34,41H,3-9,14-16,18,20,23-25,27,29-31,33,35-40H2,1-2H3,(H2,46,47,48)/b12-10+,13-11+,19-17+,22-21+,28-26+,34-32+/t41-/m1/s1. The smallest absolute Gasteiger partial charge is 0.462 e. The normalized spacial score (nSPS) is 13.2. The van der Waals surface area contributed by atoms with Crippen molar-refractivity contribution in [2.75, 3.05) is 13.2 Å². The van der Waals surface area contributed by atoms with Crippen molar-refractivity contribution >= 4 is 19.8 Å². The predicted octanol–water partition coefficient (Wildman–Crippen LogP) is 12.3. The lowest BCUT2D eigenvalue weighted by Gasteiger charge is -2.18. The van der Waals surface area contributed by atoms with Gasteiger partial charge in [0.25, 0.3) is 0 Å². The van der Waals surface area contributed by atoms with Crippen molar-refractivity contribution in [1.82, 2.24) is 0 Å². The molecule has 8 nitrogen and oxygen atoms in total. The largest absolute Gasteiger partial charge is 0.469 e. The molecule has 298 valence electrons. The highest BCUT2D eigenvalue weighted by atomic mass is 31.2. The van der Waals surface area contributed by atoms with Gasteiger partial charge in [-0.2, -0.15) is 0 Å². The highest BCUT2D eigenvalue weighted by Crippen LogP contribution is 2.36. The minimum Gasteiger partial charge on any atom is -0.462 e. The van der Waals surface area contributed by atoms with Gasteiger partial charge in [0, 0.05) is 12.8 Å². The molecule has 0 heterocycles. The monoisotopic (exact) mass is 749 g/mol. The van der Waals surface area contributed by atoms with Gasteiger partial charge in [-0.05, 0) is 70.6 Å². The Labute approximate surface area is 317 Å². The van der Waals surface area contributed by atoms with Gasteiger partial charge in [0.2, 0.25) is 0 Å². The molecule has 9 heteroatoms. The first kappa shape index (κ1) is 49.5. The summed E-state index contributed by atoms with van der Waals surface area (Å²) in [6.45, 7) is 3.55. The topological polar surface area (TPSA) is 119 Å². The zero-order valence-corrected chi connectivity index (χ0v) is 33.6. The van der Waals surface area contributed by atoms with E-state index in [-0.39, 0.29) is 19.4 Å². The average Bonchev–Trinajstić information content (AvgIpc) is 3.11. The number of allylic oxidation sites excluding steroid dienone is 12. The Hall–Kier alpha value is -2.51. The molecule has 52 heavy (non-hydrogen) atoms. The average molecular weight is 749 g/mol. The molecule has 0 bridgehead atoms. The van der Waals surface area contributed by atoms with Crippen LogP contribution in [0.25, 0.3) is 0 Å². The summed E-state index contributed by atoms with van der Waals surface area (Å²) in [6, 6.07) is 0. The second-order valence-corrected chi connectivity index (χ2v) is 14.5. The number of rotatable bonds is 36. The van der Waals surface area contributed by atoms with Gasteiger partial charge < -0.3 is 19.3 Å². The molecule has 0 aromatic carbocycles. The van der Waals surface area contributed by atoms with E-state index in [0.29, 0.717) is 12.8 Å². The summed E-state index contributed by atoms with van der Waals surface area (Å²) in [5, 5.41) is 0. The molecule has 2 N–H and O–H groups in total. The van der Waals surface area contributed by atoms with Crippen LogP contribution in [0.15, 0.2) is 72.9 Å².